The Morgan fingerprint density at radius 2 is 2.12 bits per heavy atom. The first-order valence-electron chi connectivity index (χ1n) is 4.65. The average molecular weight is 307 g/mol. The van der Waals surface area contributed by atoms with Gasteiger partial charge in [0.1, 0.15) is 0 Å². The summed E-state index contributed by atoms with van der Waals surface area (Å²) < 4.78 is 10.4. The molecule has 0 fully saturated rings. The van der Waals surface area contributed by atoms with Crippen molar-refractivity contribution in [1.82, 2.24) is 0 Å². The van der Waals surface area contributed by atoms with Gasteiger partial charge in [-0.15, -0.1) is 0 Å². The first-order valence-corrected chi connectivity index (χ1v) is 6.15. The van der Waals surface area contributed by atoms with Crippen molar-refractivity contribution < 1.29 is 14.3 Å². The first-order chi connectivity index (χ1) is 7.70. The van der Waals surface area contributed by atoms with E-state index in [-0.39, 0.29) is 12.7 Å². The van der Waals surface area contributed by atoms with E-state index in [1.54, 1.807) is 12.1 Å². The molecule has 0 bridgehead atoms. The van der Waals surface area contributed by atoms with Crippen LogP contribution in [0.25, 0.3) is 0 Å². The van der Waals surface area contributed by atoms with Crippen molar-refractivity contribution in [2.24, 2.45) is 0 Å². The number of hydrogen-bond acceptors (Lipinski definition) is 3. The number of hydrogen-bond donors (Lipinski definition) is 1. The monoisotopic (exact) mass is 305 g/mol. The van der Waals surface area contributed by atoms with E-state index in [1.807, 2.05) is 0 Å². The third-order valence-corrected chi connectivity index (χ3v) is 2.77. The zero-order valence-corrected chi connectivity index (χ0v) is 10.6. The van der Waals surface area contributed by atoms with Crippen LogP contribution in [0.5, 0.6) is 11.5 Å². The Balaban J connectivity index is 2.18. The molecule has 0 unspecified atom stereocenters. The molecule has 0 radical (unpaired) electrons. The lowest BCUT2D eigenvalue weighted by Gasteiger charge is -2.07. The summed E-state index contributed by atoms with van der Waals surface area (Å²) in [5.74, 6) is 1.10. The van der Waals surface area contributed by atoms with Gasteiger partial charge < -0.3 is 14.8 Å². The molecule has 0 saturated heterocycles. The number of nitrogens with one attached hydrogen (secondary N) is 1. The predicted molar refractivity (Wildman–Crippen MR) is 64.6 cm³/mol. The van der Waals surface area contributed by atoms with Crippen LogP contribution in [-0.2, 0) is 4.79 Å². The highest BCUT2D eigenvalue weighted by Crippen LogP contribution is 2.39. The van der Waals surface area contributed by atoms with E-state index < -0.39 is 0 Å². The van der Waals surface area contributed by atoms with Crippen LogP contribution in [0.4, 0.5) is 5.69 Å². The zero-order valence-electron chi connectivity index (χ0n) is 8.26. The van der Waals surface area contributed by atoms with Crippen LogP contribution < -0.4 is 14.8 Å². The summed E-state index contributed by atoms with van der Waals surface area (Å²) in [6.07, 6.45) is 0.394. The number of alkyl halides is 1. The Hall–Kier alpha value is -0.940. The molecule has 0 atom stereocenters. The van der Waals surface area contributed by atoms with Crippen molar-refractivity contribution in [3.05, 3.63) is 17.2 Å². The van der Waals surface area contributed by atoms with E-state index in [1.165, 1.54) is 0 Å². The summed E-state index contributed by atoms with van der Waals surface area (Å²) in [5, 5.41) is 3.75. The van der Waals surface area contributed by atoms with Gasteiger partial charge in [-0.1, -0.05) is 27.5 Å². The number of ether oxygens (including phenoxy) is 2. The van der Waals surface area contributed by atoms with Crippen molar-refractivity contribution >= 4 is 39.1 Å². The van der Waals surface area contributed by atoms with Crippen LogP contribution in [0.2, 0.25) is 5.02 Å². The molecule has 1 N–H and O–H groups in total. The topological polar surface area (TPSA) is 47.6 Å². The van der Waals surface area contributed by atoms with Crippen LogP contribution in [-0.4, -0.2) is 18.0 Å². The molecule has 6 heteroatoms. The van der Waals surface area contributed by atoms with Crippen LogP contribution in [0.15, 0.2) is 12.1 Å². The van der Waals surface area contributed by atoms with Gasteiger partial charge in [-0.25, -0.2) is 0 Å². The first kappa shape index (κ1) is 11.5. The number of carbonyl (C=O) groups excluding carboxylic acids is 1. The van der Waals surface area contributed by atoms with E-state index in [9.17, 15) is 4.79 Å². The molecule has 16 heavy (non-hydrogen) atoms. The maximum Gasteiger partial charge on any atom is 0.231 e. The van der Waals surface area contributed by atoms with Crippen LogP contribution in [0.3, 0.4) is 0 Å². The van der Waals surface area contributed by atoms with Gasteiger partial charge in [0.2, 0.25) is 12.7 Å². The third kappa shape index (κ3) is 2.41. The number of halogens is 2. The van der Waals surface area contributed by atoms with Crippen LogP contribution in [0, 0.1) is 0 Å². The summed E-state index contributed by atoms with van der Waals surface area (Å²) in [5.41, 5.74) is 0.539. The minimum absolute atomic E-state index is 0.0994. The van der Waals surface area contributed by atoms with Gasteiger partial charge in [-0.05, 0) is 0 Å². The Morgan fingerprint density at radius 3 is 2.81 bits per heavy atom. The fourth-order valence-corrected chi connectivity index (χ4v) is 1.87. The fraction of sp³-hybridized carbons (Fsp3) is 0.300. The van der Waals surface area contributed by atoms with Gasteiger partial charge in [-0.2, -0.15) is 0 Å². The summed E-state index contributed by atoms with van der Waals surface area (Å²) in [4.78, 5) is 11.4. The van der Waals surface area contributed by atoms with Crippen molar-refractivity contribution in [2.45, 2.75) is 6.42 Å². The highest BCUT2D eigenvalue weighted by Gasteiger charge is 2.17. The Labute approximate surface area is 106 Å². The summed E-state index contributed by atoms with van der Waals surface area (Å²) in [6.45, 7) is 0.185. The molecule has 86 valence electrons. The number of rotatable bonds is 3. The number of carbonyl (C=O) groups is 1. The third-order valence-electron chi connectivity index (χ3n) is 2.06. The summed E-state index contributed by atoms with van der Waals surface area (Å²) in [6, 6.07) is 3.30. The molecule has 0 saturated carbocycles. The summed E-state index contributed by atoms with van der Waals surface area (Å²) in [7, 11) is 0. The predicted octanol–water partition coefficient (Wildman–Crippen LogP) is 2.79. The Bertz CT molecular complexity index is 425. The van der Waals surface area contributed by atoms with Gasteiger partial charge in [-0.3, -0.25) is 4.79 Å². The van der Waals surface area contributed by atoms with E-state index >= 15 is 0 Å². The SMILES string of the molecule is O=C(CCBr)Nc1cc2c(cc1Cl)OCO2. The molecule has 1 heterocycles. The maximum atomic E-state index is 11.4. The minimum atomic E-state index is -0.0994. The quantitative estimate of drug-likeness (QED) is 0.874. The number of fused-ring (bicyclic) bond motifs is 1. The van der Waals surface area contributed by atoms with Gasteiger partial charge >= 0.3 is 0 Å². The van der Waals surface area contributed by atoms with Gasteiger partial charge in [0, 0.05) is 23.9 Å². The molecule has 2 rings (SSSR count). The lowest BCUT2D eigenvalue weighted by molar-refractivity contribution is -0.115. The molecule has 1 aromatic carbocycles. The van der Waals surface area contributed by atoms with Crippen molar-refractivity contribution in [2.75, 3.05) is 17.4 Å². The second-order valence-electron chi connectivity index (χ2n) is 3.17. The molecule has 1 aliphatic heterocycles. The molecule has 0 spiro atoms. The van der Waals surface area contributed by atoms with Crippen LogP contribution >= 0.6 is 27.5 Å². The molecule has 1 amide bonds. The van der Waals surface area contributed by atoms with E-state index in [2.05, 4.69) is 21.2 Å². The largest absolute Gasteiger partial charge is 0.454 e. The molecule has 1 aromatic rings. The Morgan fingerprint density at radius 1 is 1.44 bits per heavy atom. The van der Waals surface area contributed by atoms with E-state index in [0.29, 0.717) is 34.0 Å². The van der Waals surface area contributed by atoms with Crippen molar-refractivity contribution in [1.29, 1.82) is 0 Å². The highest BCUT2D eigenvalue weighted by atomic mass is 79.9. The van der Waals surface area contributed by atoms with Gasteiger partial charge in [0.25, 0.3) is 0 Å². The second-order valence-corrected chi connectivity index (χ2v) is 4.37. The van der Waals surface area contributed by atoms with E-state index in [0.717, 1.165) is 0 Å². The fourth-order valence-electron chi connectivity index (χ4n) is 1.31. The standard InChI is InChI=1S/C10H9BrClNO3/c11-2-1-10(14)13-7-4-9-8(3-6(7)12)15-5-16-9/h3-4H,1-2,5H2,(H,13,14). The highest BCUT2D eigenvalue weighted by molar-refractivity contribution is 9.09. The lowest BCUT2D eigenvalue weighted by Crippen LogP contribution is -2.11. The van der Waals surface area contributed by atoms with Gasteiger partial charge in [0.05, 0.1) is 10.7 Å². The number of anilines is 1. The minimum Gasteiger partial charge on any atom is -0.454 e. The van der Waals surface area contributed by atoms with E-state index in [4.69, 9.17) is 21.1 Å². The molecule has 0 aliphatic carbocycles. The molecular formula is C10H9BrClNO3. The maximum absolute atomic E-state index is 11.4. The lowest BCUT2D eigenvalue weighted by atomic mass is 10.2. The molecule has 0 aromatic heterocycles. The van der Waals surface area contributed by atoms with Gasteiger partial charge in [0.15, 0.2) is 11.5 Å². The molecule has 4 nitrogen and oxygen atoms in total. The zero-order chi connectivity index (χ0) is 11.5. The number of benzene rings is 1. The normalized spacial score (nSPS) is 12.6. The van der Waals surface area contributed by atoms with Crippen molar-refractivity contribution in [3.8, 4) is 11.5 Å². The smallest absolute Gasteiger partial charge is 0.231 e. The van der Waals surface area contributed by atoms with Crippen LogP contribution in [0.1, 0.15) is 6.42 Å². The average Bonchev–Trinajstić information content (AvgIpc) is 2.65. The van der Waals surface area contributed by atoms with Crippen molar-refractivity contribution in [3.63, 3.8) is 0 Å². The molecule has 1 aliphatic rings. The number of amides is 1. The Kier molecular flexibility index (Phi) is 3.56. The summed E-state index contributed by atoms with van der Waals surface area (Å²) >= 11 is 9.18. The molecular weight excluding hydrogens is 297 g/mol. The second kappa shape index (κ2) is 4.93.